The van der Waals surface area contributed by atoms with Crippen LogP contribution < -0.4 is 9.80 Å². The number of piperazine rings is 1. The molecule has 0 spiro atoms. The molecule has 0 atom stereocenters. The number of nitrogens with zero attached hydrogens (tertiary/aromatic N) is 4. The predicted molar refractivity (Wildman–Crippen MR) is 107 cm³/mol. The standard InChI is InChI=1S/C19H21ClN4O3/c1-21(2)17-7-6-14(12-18(17)24(26)27)19(25)23-10-8-22(9-11-23)16-5-3-4-15(20)13-16/h3-7,12-13H,8-11H2,1-2H3. The van der Waals surface area contributed by atoms with Gasteiger partial charge in [0.1, 0.15) is 5.69 Å². The zero-order valence-corrected chi connectivity index (χ0v) is 16.0. The molecule has 0 aliphatic carbocycles. The van der Waals surface area contributed by atoms with Gasteiger partial charge in [-0.2, -0.15) is 0 Å². The monoisotopic (exact) mass is 388 g/mol. The van der Waals surface area contributed by atoms with Crippen LogP contribution in [-0.2, 0) is 0 Å². The minimum Gasteiger partial charge on any atom is -0.372 e. The molecule has 1 amide bonds. The smallest absolute Gasteiger partial charge is 0.293 e. The summed E-state index contributed by atoms with van der Waals surface area (Å²) in [5.74, 6) is -0.186. The SMILES string of the molecule is CN(C)c1ccc(C(=O)N2CCN(c3cccc(Cl)c3)CC2)cc1[N+](=O)[O-]. The van der Waals surface area contributed by atoms with E-state index in [1.165, 1.54) is 6.07 Å². The molecule has 1 fully saturated rings. The van der Waals surface area contributed by atoms with E-state index >= 15 is 0 Å². The van der Waals surface area contributed by atoms with E-state index < -0.39 is 4.92 Å². The largest absolute Gasteiger partial charge is 0.372 e. The lowest BCUT2D eigenvalue weighted by molar-refractivity contribution is -0.384. The first-order valence-electron chi connectivity index (χ1n) is 8.62. The molecule has 1 saturated heterocycles. The van der Waals surface area contributed by atoms with E-state index in [-0.39, 0.29) is 11.6 Å². The number of nitro groups is 1. The lowest BCUT2D eigenvalue weighted by Crippen LogP contribution is -2.48. The maximum Gasteiger partial charge on any atom is 0.293 e. The fourth-order valence-corrected chi connectivity index (χ4v) is 3.39. The van der Waals surface area contributed by atoms with Crippen molar-refractivity contribution in [3.8, 4) is 0 Å². The maximum atomic E-state index is 12.8. The number of hydrogen-bond acceptors (Lipinski definition) is 5. The number of rotatable bonds is 4. The van der Waals surface area contributed by atoms with Gasteiger partial charge in [-0.3, -0.25) is 14.9 Å². The molecular weight excluding hydrogens is 368 g/mol. The van der Waals surface area contributed by atoms with Crippen LogP contribution in [0.1, 0.15) is 10.4 Å². The van der Waals surface area contributed by atoms with Crippen LogP contribution in [0.3, 0.4) is 0 Å². The fourth-order valence-electron chi connectivity index (χ4n) is 3.20. The second-order valence-corrected chi connectivity index (χ2v) is 7.05. The van der Waals surface area contributed by atoms with Crippen molar-refractivity contribution in [2.24, 2.45) is 0 Å². The summed E-state index contributed by atoms with van der Waals surface area (Å²) < 4.78 is 0. The van der Waals surface area contributed by atoms with Gasteiger partial charge in [-0.1, -0.05) is 17.7 Å². The molecule has 0 bridgehead atoms. The maximum absolute atomic E-state index is 12.8. The van der Waals surface area contributed by atoms with Crippen molar-refractivity contribution in [1.82, 2.24) is 4.90 Å². The summed E-state index contributed by atoms with van der Waals surface area (Å²) in [5, 5.41) is 12.0. The number of nitro benzene ring substituents is 1. The van der Waals surface area contributed by atoms with Crippen LogP contribution >= 0.6 is 11.6 Å². The summed E-state index contributed by atoms with van der Waals surface area (Å²) in [6.45, 7) is 2.47. The summed E-state index contributed by atoms with van der Waals surface area (Å²) in [5.41, 5.74) is 1.77. The van der Waals surface area contributed by atoms with Gasteiger partial charge in [0.05, 0.1) is 4.92 Å². The summed E-state index contributed by atoms with van der Waals surface area (Å²) in [6, 6.07) is 12.3. The number of anilines is 2. The van der Waals surface area contributed by atoms with Gasteiger partial charge < -0.3 is 14.7 Å². The van der Waals surface area contributed by atoms with Crippen molar-refractivity contribution in [2.75, 3.05) is 50.1 Å². The molecule has 1 heterocycles. The van der Waals surface area contributed by atoms with E-state index in [2.05, 4.69) is 4.90 Å². The van der Waals surface area contributed by atoms with E-state index in [0.29, 0.717) is 42.5 Å². The van der Waals surface area contributed by atoms with Crippen molar-refractivity contribution >= 4 is 34.6 Å². The molecule has 0 aromatic heterocycles. The van der Waals surface area contributed by atoms with Gasteiger partial charge in [-0.05, 0) is 30.3 Å². The molecule has 142 valence electrons. The van der Waals surface area contributed by atoms with E-state index in [9.17, 15) is 14.9 Å². The van der Waals surface area contributed by atoms with Crippen LogP contribution in [0.5, 0.6) is 0 Å². The van der Waals surface area contributed by atoms with Gasteiger partial charge in [0, 0.05) is 62.6 Å². The second-order valence-electron chi connectivity index (χ2n) is 6.61. The highest BCUT2D eigenvalue weighted by Crippen LogP contribution is 2.28. The van der Waals surface area contributed by atoms with Crippen LogP contribution in [0.25, 0.3) is 0 Å². The lowest BCUT2D eigenvalue weighted by atomic mass is 10.1. The molecule has 1 aliphatic rings. The third kappa shape index (κ3) is 4.14. The molecule has 2 aromatic carbocycles. The lowest BCUT2D eigenvalue weighted by Gasteiger charge is -2.36. The van der Waals surface area contributed by atoms with Crippen LogP contribution in [-0.4, -0.2) is 56.0 Å². The van der Waals surface area contributed by atoms with Gasteiger partial charge in [-0.25, -0.2) is 0 Å². The van der Waals surface area contributed by atoms with Crippen LogP contribution in [0, 0.1) is 10.1 Å². The first-order valence-corrected chi connectivity index (χ1v) is 9.00. The Labute approximate surface area is 162 Å². The molecule has 1 aliphatic heterocycles. The van der Waals surface area contributed by atoms with Crippen molar-refractivity contribution < 1.29 is 9.72 Å². The van der Waals surface area contributed by atoms with Crippen LogP contribution in [0.2, 0.25) is 5.02 Å². The topological polar surface area (TPSA) is 69.9 Å². The molecule has 3 rings (SSSR count). The van der Waals surface area contributed by atoms with E-state index in [1.54, 1.807) is 36.0 Å². The molecule has 7 nitrogen and oxygen atoms in total. The van der Waals surface area contributed by atoms with Crippen LogP contribution in [0.15, 0.2) is 42.5 Å². The average Bonchev–Trinajstić information content (AvgIpc) is 2.67. The Morgan fingerprint density at radius 1 is 1.11 bits per heavy atom. The number of hydrogen-bond donors (Lipinski definition) is 0. The minimum atomic E-state index is -0.455. The Morgan fingerprint density at radius 3 is 2.41 bits per heavy atom. The van der Waals surface area contributed by atoms with Gasteiger partial charge in [0.25, 0.3) is 11.6 Å². The molecular formula is C19H21ClN4O3. The molecule has 2 aromatic rings. The van der Waals surface area contributed by atoms with Gasteiger partial charge in [0.2, 0.25) is 0 Å². The Balaban J connectivity index is 1.72. The zero-order chi connectivity index (χ0) is 19.6. The molecule has 27 heavy (non-hydrogen) atoms. The highest BCUT2D eigenvalue weighted by Gasteiger charge is 2.25. The summed E-state index contributed by atoms with van der Waals surface area (Å²) in [6.07, 6.45) is 0. The Hall–Kier alpha value is -2.80. The molecule has 0 saturated carbocycles. The second kappa shape index (κ2) is 7.84. The third-order valence-corrected chi connectivity index (χ3v) is 4.88. The van der Waals surface area contributed by atoms with Crippen molar-refractivity contribution in [3.63, 3.8) is 0 Å². The third-order valence-electron chi connectivity index (χ3n) is 4.64. The highest BCUT2D eigenvalue weighted by molar-refractivity contribution is 6.30. The number of benzene rings is 2. The van der Waals surface area contributed by atoms with E-state index in [4.69, 9.17) is 11.6 Å². The number of carbonyl (C=O) groups is 1. The van der Waals surface area contributed by atoms with Crippen molar-refractivity contribution in [2.45, 2.75) is 0 Å². The normalized spacial score (nSPS) is 14.2. The molecule has 0 unspecified atom stereocenters. The molecule has 8 heteroatoms. The number of carbonyl (C=O) groups excluding carboxylic acids is 1. The predicted octanol–water partition coefficient (Wildman–Crippen LogP) is 3.28. The number of halogens is 1. The van der Waals surface area contributed by atoms with Gasteiger partial charge in [0.15, 0.2) is 0 Å². The minimum absolute atomic E-state index is 0.0663. The summed E-state index contributed by atoms with van der Waals surface area (Å²) in [4.78, 5) is 29.3. The quantitative estimate of drug-likeness (QED) is 0.593. The summed E-state index contributed by atoms with van der Waals surface area (Å²) in [7, 11) is 3.47. The Bertz CT molecular complexity index is 864. The highest BCUT2D eigenvalue weighted by atomic mass is 35.5. The Kier molecular flexibility index (Phi) is 5.51. The van der Waals surface area contributed by atoms with E-state index in [1.807, 2.05) is 24.3 Å². The van der Waals surface area contributed by atoms with E-state index in [0.717, 1.165) is 5.69 Å². The van der Waals surface area contributed by atoms with Crippen LogP contribution in [0.4, 0.5) is 17.1 Å². The van der Waals surface area contributed by atoms with Crippen molar-refractivity contribution in [1.29, 1.82) is 0 Å². The Morgan fingerprint density at radius 2 is 1.81 bits per heavy atom. The van der Waals surface area contributed by atoms with Crippen molar-refractivity contribution in [3.05, 3.63) is 63.2 Å². The van der Waals surface area contributed by atoms with Gasteiger partial charge in [-0.15, -0.1) is 0 Å². The first-order chi connectivity index (χ1) is 12.9. The zero-order valence-electron chi connectivity index (χ0n) is 15.3. The fraction of sp³-hybridized carbons (Fsp3) is 0.316. The first kappa shape index (κ1) is 19.0. The molecule has 0 N–H and O–H groups in total. The number of amides is 1. The van der Waals surface area contributed by atoms with Gasteiger partial charge >= 0.3 is 0 Å². The molecule has 0 radical (unpaired) electrons. The summed E-state index contributed by atoms with van der Waals surface area (Å²) >= 11 is 6.05. The average molecular weight is 389 g/mol.